The molecular formula is C100H98F16N20O5. The second-order valence-corrected chi connectivity index (χ2v) is 34.1. The number of hydrogen-bond acceptors (Lipinski definition) is 25. The highest BCUT2D eigenvalue weighted by atomic mass is 19.4. The molecule has 0 saturated carbocycles. The van der Waals surface area contributed by atoms with Crippen molar-refractivity contribution in [2.24, 2.45) is 0 Å². The van der Waals surface area contributed by atoms with Gasteiger partial charge in [-0.15, -0.1) is 26.3 Å². The highest BCUT2D eigenvalue weighted by molar-refractivity contribution is 5.94. The van der Waals surface area contributed by atoms with Gasteiger partial charge in [-0.3, -0.25) is 0 Å². The topological polar surface area (TPSA) is 270 Å². The van der Waals surface area contributed by atoms with Crippen molar-refractivity contribution < 1.29 is 93.7 Å². The second-order valence-electron chi connectivity index (χ2n) is 34.1. The summed E-state index contributed by atoms with van der Waals surface area (Å²) in [5.74, 6) is -1.47. The van der Waals surface area contributed by atoms with Gasteiger partial charge in [-0.1, -0.05) is 97.1 Å². The van der Waals surface area contributed by atoms with E-state index in [1.165, 1.54) is 80.6 Å². The standard InChI is InChI=1S/C21H19F5N4O.C21H21F3N4O.C20H22N4O.C19H17F5N4O.C19H19F3N4O/c22-20(23)9-11-30(12-10-20)19-28-17-4-2-1-3-16(17)18(29-19)27-13-14-5-7-15(8-6-14)31-21(24,25)26;22-21(23,24)29-16-10-8-15(9-11-16)14-25-19-17-6-2-3-7-18(17)26-20(27-19)28-12-4-1-5-13-28;25-16-10-8-15(9-11-16)14-21-19-17-6-2-3-7-18(17)22-20(23-19)24-12-4-1-5-13-24;20-18(21)7-9-28(10-8-18)17-26-14-4-2-1-3-13(14)16(27-17)25-11-12-5-6-15(29-12)19(22,23)24;20-19(21,22)16-9-8-13(27-16)12-23-17-14-6-2-3-7-15(14)24-18(25-17)26-10-4-1-5-11-26/h1-8H,9-13H2,(H,27,28,29);2-3,6-11H,1,4-5,12-14H2,(H,25,26,27);2-3,6-11,25H,1,4-5,12-14H2,(H,21,22,23);1-6H,7-11H2,(H,25,26,27);2-3,6-9H,1,4-5,10-12H2,(H,23,24,25). The van der Waals surface area contributed by atoms with Crippen molar-refractivity contribution in [1.82, 2.24) is 49.8 Å². The Bertz CT molecular complexity index is 6660. The van der Waals surface area contributed by atoms with Crippen molar-refractivity contribution in [2.75, 3.05) is 117 Å². The molecule has 740 valence electrons. The third kappa shape index (κ3) is 27.5. The molecule has 41 heteroatoms. The Morgan fingerprint density at radius 2 is 0.511 bits per heavy atom. The number of hydrogen-bond donors (Lipinski definition) is 6. The van der Waals surface area contributed by atoms with Gasteiger partial charge in [0, 0.05) is 138 Å². The number of alkyl halides is 16. The van der Waals surface area contributed by atoms with Gasteiger partial charge in [0.25, 0.3) is 11.8 Å². The van der Waals surface area contributed by atoms with Gasteiger partial charge in [-0.2, -0.15) is 51.3 Å². The Hall–Kier alpha value is -14.7. The van der Waals surface area contributed by atoms with E-state index in [1.54, 1.807) is 58.3 Å². The summed E-state index contributed by atoms with van der Waals surface area (Å²) in [7, 11) is 0. The van der Waals surface area contributed by atoms with Crippen molar-refractivity contribution in [3.8, 4) is 17.2 Å². The number of benzene rings is 8. The van der Waals surface area contributed by atoms with Crippen molar-refractivity contribution in [3.63, 3.8) is 0 Å². The average molecular weight is 1960 g/mol. The molecule has 12 heterocycles. The minimum absolute atomic E-state index is 0.0192. The number of phenolic OH excluding ortho intramolecular Hbond substituents is 1. The van der Waals surface area contributed by atoms with E-state index >= 15 is 0 Å². The number of nitrogens with one attached hydrogen (secondary N) is 5. The van der Waals surface area contributed by atoms with E-state index in [9.17, 15) is 75.4 Å². The van der Waals surface area contributed by atoms with Gasteiger partial charge >= 0.3 is 25.1 Å². The number of halogens is 16. The van der Waals surface area contributed by atoms with Crippen LogP contribution in [0.4, 0.5) is 129 Å². The highest BCUT2D eigenvalue weighted by Gasteiger charge is 2.40. The zero-order chi connectivity index (χ0) is 98.9. The summed E-state index contributed by atoms with van der Waals surface area (Å²) in [6.45, 7) is 7.77. The molecular weight excluding hydrogens is 1870 g/mol. The monoisotopic (exact) mass is 1960 g/mol. The zero-order valence-electron chi connectivity index (χ0n) is 75.9. The maximum absolute atomic E-state index is 13.5. The lowest BCUT2D eigenvalue weighted by Gasteiger charge is -2.32. The van der Waals surface area contributed by atoms with Crippen LogP contribution < -0.4 is 60.6 Å². The van der Waals surface area contributed by atoms with Crippen molar-refractivity contribution in [1.29, 1.82) is 0 Å². The molecule has 20 rings (SSSR count). The molecule has 7 aromatic heterocycles. The smallest absolute Gasteiger partial charge is 0.508 e. The van der Waals surface area contributed by atoms with Crippen LogP contribution in [-0.4, -0.2) is 145 Å². The molecule has 0 aliphatic carbocycles. The number of aromatic nitrogens is 10. The first-order valence-corrected chi connectivity index (χ1v) is 46.0. The van der Waals surface area contributed by atoms with Crippen LogP contribution in [0.15, 0.2) is 227 Å². The molecule has 15 aromatic rings. The van der Waals surface area contributed by atoms with Crippen LogP contribution in [-0.2, 0) is 45.1 Å². The number of anilines is 10. The van der Waals surface area contributed by atoms with Crippen molar-refractivity contribution >= 4 is 113 Å². The largest absolute Gasteiger partial charge is 0.573 e. The molecule has 0 amide bonds. The Kier molecular flexibility index (Phi) is 31.1. The van der Waals surface area contributed by atoms with Crippen molar-refractivity contribution in [2.45, 2.75) is 153 Å². The quantitative estimate of drug-likeness (QED) is 0.0344. The number of nitrogens with zero attached hydrogens (tertiary/aromatic N) is 15. The van der Waals surface area contributed by atoms with E-state index < -0.39 is 48.4 Å². The number of aromatic hydroxyl groups is 1. The molecule has 5 fully saturated rings. The van der Waals surface area contributed by atoms with E-state index in [-0.39, 0.29) is 93.7 Å². The van der Waals surface area contributed by atoms with Crippen LogP contribution in [0.2, 0.25) is 0 Å². The molecule has 6 N–H and O–H groups in total. The maximum atomic E-state index is 13.5. The third-order valence-corrected chi connectivity index (χ3v) is 23.8. The summed E-state index contributed by atoms with van der Waals surface area (Å²) < 4.78 is 221. The van der Waals surface area contributed by atoms with Gasteiger partial charge in [0.1, 0.15) is 57.9 Å². The lowest BCUT2D eigenvalue weighted by molar-refractivity contribution is -0.275. The fourth-order valence-electron chi connectivity index (χ4n) is 16.4. The molecule has 5 saturated heterocycles. The van der Waals surface area contributed by atoms with Crippen LogP contribution in [0.25, 0.3) is 54.5 Å². The number of ether oxygens (including phenoxy) is 2. The summed E-state index contributed by atoms with van der Waals surface area (Å²) in [6.07, 6.45) is -8.95. The van der Waals surface area contributed by atoms with Crippen LogP contribution in [0.5, 0.6) is 17.2 Å². The normalized spacial score (nSPS) is 15.6. The van der Waals surface area contributed by atoms with E-state index in [0.717, 1.165) is 144 Å². The number of furan rings is 2. The van der Waals surface area contributed by atoms with Crippen LogP contribution in [0.3, 0.4) is 0 Å². The second kappa shape index (κ2) is 44.2. The fraction of sp³-hybridized carbons (Fsp3) is 0.340. The van der Waals surface area contributed by atoms with Gasteiger partial charge in [0.15, 0.2) is 0 Å². The lowest BCUT2D eigenvalue weighted by atomic mass is 10.1. The summed E-state index contributed by atoms with van der Waals surface area (Å²) in [5, 5.41) is 29.6. The lowest BCUT2D eigenvalue weighted by Crippen LogP contribution is -2.40. The first-order chi connectivity index (χ1) is 67.7. The Balaban J connectivity index is 0.000000127. The molecule has 8 aromatic carbocycles. The summed E-state index contributed by atoms with van der Waals surface area (Å²) in [5.41, 5.74) is 6.53. The van der Waals surface area contributed by atoms with E-state index in [2.05, 4.69) is 86.7 Å². The van der Waals surface area contributed by atoms with Crippen LogP contribution in [0.1, 0.15) is 123 Å². The van der Waals surface area contributed by atoms with E-state index in [4.69, 9.17) is 28.8 Å². The maximum Gasteiger partial charge on any atom is 0.573 e. The van der Waals surface area contributed by atoms with Crippen LogP contribution >= 0.6 is 0 Å². The molecule has 0 radical (unpaired) electrons. The summed E-state index contributed by atoms with van der Waals surface area (Å²) in [6, 6.07) is 60.8. The molecule has 5 aliphatic heterocycles. The Morgan fingerprint density at radius 1 is 0.277 bits per heavy atom. The summed E-state index contributed by atoms with van der Waals surface area (Å²) >= 11 is 0. The SMILES string of the molecule is FC(F)(F)Oc1ccc(CNc2nc(N3CCCCC3)nc3ccccc23)cc1.FC(F)(F)c1ccc(CNc2nc(N3CCCCC3)nc3ccccc23)o1.FC1(F)CCN(c2nc(NCc3ccc(C(F)(F)F)o3)c3ccccc3n2)CC1.FC1(F)CCN(c2nc(NCc3ccc(OC(F)(F)F)cc3)c3ccccc3n2)CC1.Oc1ccc(CNc2nc(N3CCCCC3)nc3ccccc23)cc1. The minimum Gasteiger partial charge on any atom is -0.508 e. The first-order valence-electron chi connectivity index (χ1n) is 46.0. The van der Waals surface area contributed by atoms with Gasteiger partial charge < -0.3 is 74.5 Å². The van der Waals surface area contributed by atoms with Gasteiger partial charge in [-0.05, 0) is 196 Å². The number of piperidine rings is 5. The van der Waals surface area contributed by atoms with Gasteiger partial charge in [0.2, 0.25) is 41.3 Å². The Labute approximate surface area is 798 Å². The molecule has 0 atom stereocenters. The van der Waals surface area contributed by atoms with Gasteiger partial charge in [-0.25, -0.2) is 42.5 Å². The number of phenols is 1. The molecule has 5 aliphatic rings. The fourth-order valence-corrected chi connectivity index (χ4v) is 16.4. The number of para-hydroxylation sites is 5. The number of rotatable bonds is 22. The molecule has 0 bridgehead atoms. The predicted octanol–water partition coefficient (Wildman–Crippen LogP) is 24.4. The molecule has 0 spiro atoms. The summed E-state index contributed by atoms with van der Waals surface area (Å²) in [4.78, 5) is 56.3. The predicted molar refractivity (Wildman–Crippen MR) is 507 cm³/mol. The zero-order valence-corrected chi connectivity index (χ0v) is 75.9. The van der Waals surface area contributed by atoms with Crippen molar-refractivity contribution in [3.05, 3.63) is 258 Å². The average Bonchev–Trinajstić information content (AvgIpc) is 1.77. The molecule has 25 nitrogen and oxygen atoms in total. The molecule has 0 unspecified atom stereocenters. The van der Waals surface area contributed by atoms with Crippen LogP contribution in [0, 0.1) is 0 Å². The van der Waals surface area contributed by atoms with E-state index in [0.29, 0.717) is 83.1 Å². The molecule has 141 heavy (non-hydrogen) atoms. The highest BCUT2D eigenvalue weighted by Crippen LogP contribution is 2.39. The number of fused-ring (bicyclic) bond motifs is 5. The first kappa shape index (κ1) is 99.3. The Morgan fingerprint density at radius 3 is 0.752 bits per heavy atom. The van der Waals surface area contributed by atoms with E-state index in [1.807, 2.05) is 103 Å². The van der Waals surface area contributed by atoms with Gasteiger partial charge in [0.05, 0.1) is 40.7 Å². The third-order valence-electron chi connectivity index (χ3n) is 23.8. The minimum atomic E-state index is -4.74.